The van der Waals surface area contributed by atoms with Gasteiger partial charge in [0.2, 0.25) is 0 Å². The monoisotopic (exact) mass is 253 g/mol. The number of anilines is 1. The number of hydrogen-bond donors (Lipinski definition) is 1. The zero-order valence-corrected chi connectivity index (χ0v) is 10.6. The molecule has 1 saturated heterocycles. The van der Waals surface area contributed by atoms with E-state index < -0.39 is 0 Å². The van der Waals surface area contributed by atoms with Gasteiger partial charge < -0.3 is 9.88 Å². The quantitative estimate of drug-likeness (QED) is 0.891. The number of nitrogens with one attached hydrogen (secondary N) is 1. The molecule has 5 nitrogen and oxygen atoms in total. The first kappa shape index (κ1) is 11.7. The second-order valence-electron chi connectivity index (χ2n) is 4.77. The van der Waals surface area contributed by atoms with Crippen LogP contribution in [0.1, 0.15) is 12.8 Å². The molecule has 96 valence electrons. The largest absolute Gasteiger partial charge is 0.360 e. The second-order valence-corrected chi connectivity index (χ2v) is 4.77. The van der Waals surface area contributed by atoms with Crippen LogP contribution in [0.25, 0.3) is 11.4 Å². The molecule has 3 rings (SSSR count). The van der Waals surface area contributed by atoms with Gasteiger partial charge in [0, 0.05) is 19.3 Å². The van der Waals surface area contributed by atoms with Crippen LogP contribution in [0.15, 0.2) is 30.5 Å². The predicted octanol–water partition coefficient (Wildman–Crippen LogP) is 2.21. The number of nitriles is 1. The van der Waals surface area contributed by atoms with Crippen molar-refractivity contribution in [1.82, 2.24) is 15.2 Å². The van der Waals surface area contributed by atoms with Crippen molar-refractivity contribution in [3.05, 3.63) is 30.5 Å². The minimum atomic E-state index is 0.110. The molecule has 1 aliphatic rings. The summed E-state index contributed by atoms with van der Waals surface area (Å²) in [4.78, 5) is 5.25. The number of hydrogen-bond acceptors (Lipinski definition) is 4. The lowest BCUT2D eigenvalue weighted by atomic mass is 10.00. The fourth-order valence-electron chi connectivity index (χ4n) is 2.42. The molecule has 1 atom stereocenters. The van der Waals surface area contributed by atoms with Crippen LogP contribution < -0.4 is 4.90 Å². The van der Waals surface area contributed by atoms with Crippen molar-refractivity contribution in [2.75, 3.05) is 18.0 Å². The van der Waals surface area contributed by atoms with E-state index in [-0.39, 0.29) is 5.92 Å². The lowest BCUT2D eigenvalue weighted by molar-refractivity contribution is 0.489. The number of rotatable bonds is 2. The van der Waals surface area contributed by atoms with Crippen LogP contribution in [0.4, 0.5) is 5.82 Å². The van der Waals surface area contributed by atoms with Crippen LogP contribution in [0.3, 0.4) is 0 Å². The van der Waals surface area contributed by atoms with E-state index in [1.807, 2.05) is 30.5 Å². The van der Waals surface area contributed by atoms with Gasteiger partial charge in [-0.2, -0.15) is 5.26 Å². The van der Waals surface area contributed by atoms with Crippen LogP contribution in [-0.2, 0) is 0 Å². The number of piperidine rings is 1. The number of nitrogens with zero attached hydrogens (tertiary/aromatic N) is 4. The van der Waals surface area contributed by atoms with Gasteiger partial charge in [-0.3, -0.25) is 0 Å². The molecule has 0 bridgehead atoms. The number of H-pyrrole nitrogens is 1. The summed E-state index contributed by atoms with van der Waals surface area (Å²) in [5.74, 6) is 0.967. The fourth-order valence-corrected chi connectivity index (χ4v) is 2.42. The van der Waals surface area contributed by atoms with Crippen LogP contribution in [0.5, 0.6) is 0 Å². The maximum absolute atomic E-state index is 9.01. The summed E-state index contributed by atoms with van der Waals surface area (Å²) in [6, 6.07) is 10.2. The molecule has 19 heavy (non-hydrogen) atoms. The first-order valence-electron chi connectivity index (χ1n) is 6.49. The normalized spacial score (nSPS) is 19.1. The first-order valence-corrected chi connectivity index (χ1v) is 6.49. The Labute approximate surface area is 111 Å². The highest BCUT2D eigenvalue weighted by Crippen LogP contribution is 2.22. The molecule has 0 saturated carbocycles. The molecule has 1 N–H and O–H groups in total. The Morgan fingerprint density at radius 1 is 1.32 bits per heavy atom. The van der Waals surface area contributed by atoms with Gasteiger partial charge >= 0.3 is 0 Å². The third-order valence-electron chi connectivity index (χ3n) is 3.45. The summed E-state index contributed by atoms with van der Waals surface area (Å²) in [6.07, 6.45) is 3.90. The number of aromatic nitrogens is 3. The Hall–Kier alpha value is -2.35. The maximum Gasteiger partial charge on any atom is 0.151 e. The molecule has 3 heterocycles. The first-order chi connectivity index (χ1) is 9.36. The van der Waals surface area contributed by atoms with Crippen molar-refractivity contribution in [2.24, 2.45) is 5.92 Å². The molecule has 0 aromatic carbocycles. The van der Waals surface area contributed by atoms with Gasteiger partial charge in [0.1, 0.15) is 5.69 Å². The van der Waals surface area contributed by atoms with Gasteiger partial charge in [-0.15, -0.1) is 10.2 Å². The molecule has 0 radical (unpaired) electrons. The van der Waals surface area contributed by atoms with Crippen molar-refractivity contribution in [1.29, 1.82) is 5.26 Å². The highest BCUT2D eigenvalue weighted by Gasteiger charge is 2.20. The van der Waals surface area contributed by atoms with Crippen molar-refractivity contribution < 1.29 is 0 Å². The van der Waals surface area contributed by atoms with Crippen molar-refractivity contribution in [2.45, 2.75) is 12.8 Å². The van der Waals surface area contributed by atoms with Crippen LogP contribution in [0, 0.1) is 17.2 Å². The molecule has 1 fully saturated rings. The molecule has 1 unspecified atom stereocenters. The van der Waals surface area contributed by atoms with Crippen LogP contribution in [-0.4, -0.2) is 28.3 Å². The average Bonchev–Trinajstić information content (AvgIpc) is 3.02. The molecule has 2 aromatic rings. The minimum Gasteiger partial charge on any atom is -0.360 e. The van der Waals surface area contributed by atoms with Crippen molar-refractivity contribution >= 4 is 5.82 Å². The molecular weight excluding hydrogens is 238 g/mol. The van der Waals surface area contributed by atoms with Gasteiger partial charge in [-0.05, 0) is 37.1 Å². The molecule has 1 aliphatic heterocycles. The van der Waals surface area contributed by atoms with Gasteiger partial charge in [0.05, 0.1) is 17.7 Å². The molecular formula is C14H15N5. The van der Waals surface area contributed by atoms with Crippen molar-refractivity contribution in [3.63, 3.8) is 0 Å². The van der Waals surface area contributed by atoms with E-state index in [1.54, 1.807) is 0 Å². The third kappa shape index (κ3) is 2.43. The van der Waals surface area contributed by atoms with Crippen molar-refractivity contribution in [3.8, 4) is 17.5 Å². The third-order valence-corrected chi connectivity index (χ3v) is 3.45. The highest BCUT2D eigenvalue weighted by molar-refractivity contribution is 5.55. The lowest BCUT2D eigenvalue weighted by Crippen LogP contribution is -2.35. The SMILES string of the molecule is N#CC1CCCN(c2ccc(-c3ccc[nH]3)nn2)C1. The van der Waals surface area contributed by atoms with Crippen LogP contribution >= 0.6 is 0 Å². The van der Waals surface area contributed by atoms with E-state index in [9.17, 15) is 0 Å². The van der Waals surface area contributed by atoms with E-state index in [0.717, 1.165) is 43.1 Å². The Bertz CT molecular complexity index is 567. The topological polar surface area (TPSA) is 68.6 Å². The Kier molecular flexibility index (Phi) is 3.15. The van der Waals surface area contributed by atoms with E-state index in [1.165, 1.54) is 0 Å². The fraction of sp³-hybridized carbons (Fsp3) is 0.357. The van der Waals surface area contributed by atoms with E-state index in [2.05, 4.69) is 26.2 Å². The zero-order chi connectivity index (χ0) is 13.1. The molecule has 5 heteroatoms. The Balaban J connectivity index is 1.77. The summed E-state index contributed by atoms with van der Waals surface area (Å²) >= 11 is 0. The Morgan fingerprint density at radius 3 is 2.95 bits per heavy atom. The lowest BCUT2D eigenvalue weighted by Gasteiger charge is -2.30. The standard InChI is InChI=1S/C14H15N5/c15-9-11-3-2-8-19(10-11)14-6-5-13(17-18-14)12-4-1-7-16-12/h1,4-7,11,16H,2-3,8,10H2. The van der Waals surface area contributed by atoms with Gasteiger partial charge in [0.15, 0.2) is 5.82 Å². The predicted molar refractivity (Wildman–Crippen MR) is 72.4 cm³/mol. The minimum absolute atomic E-state index is 0.110. The summed E-state index contributed by atoms with van der Waals surface area (Å²) in [7, 11) is 0. The summed E-state index contributed by atoms with van der Waals surface area (Å²) in [5.41, 5.74) is 1.80. The number of aromatic amines is 1. The van der Waals surface area contributed by atoms with Gasteiger partial charge in [0.25, 0.3) is 0 Å². The van der Waals surface area contributed by atoms with E-state index in [0.29, 0.717) is 0 Å². The van der Waals surface area contributed by atoms with E-state index in [4.69, 9.17) is 5.26 Å². The van der Waals surface area contributed by atoms with Crippen LogP contribution in [0.2, 0.25) is 0 Å². The second kappa shape index (κ2) is 5.11. The van der Waals surface area contributed by atoms with E-state index >= 15 is 0 Å². The summed E-state index contributed by atoms with van der Waals surface area (Å²) < 4.78 is 0. The molecule has 0 aliphatic carbocycles. The van der Waals surface area contributed by atoms with Gasteiger partial charge in [-0.1, -0.05) is 0 Å². The highest BCUT2D eigenvalue weighted by atomic mass is 15.3. The smallest absolute Gasteiger partial charge is 0.151 e. The summed E-state index contributed by atoms with van der Waals surface area (Å²) in [5, 5.41) is 17.5. The van der Waals surface area contributed by atoms with Gasteiger partial charge in [-0.25, -0.2) is 0 Å². The maximum atomic E-state index is 9.01. The average molecular weight is 253 g/mol. The molecule has 2 aromatic heterocycles. The summed E-state index contributed by atoms with van der Waals surface area (Å²) in [6.45, 7) is 1.71. The zero-order valence-electron chi connectivity index (χ0n) is 10.6. The molecule has 0 amide bonds. The molecule has 0 spiro atoms. The Morgan fingerprint density at radius 2 is 2.26 bits per heavy atom.